The molecule has 0 saturated carbocycles. The van der Waals surface area contributed by atoms with E-state index in [4.69, 9.17) is 5.73 Å². The average Bonchev–Trinajstić information content (AvgIpc) is 2.03. The van der Waals surface area contributed by atoms with E-state index in [2.05, 4.69) is 5.32 Å². The van der Waals surface area contributed by atoms with Gasteiger partial charge in [0.2, 0.25) is 5.91 Å². The molecule has 2 unspecified atom stereocenters. The third-order valence-corrected chi connectivity index (χ3v) is 2.42. The second kappa shape index (κ2) is 6.31. The molecule has 0 aromatic heterocycles. The molecule has 0 rings (SSSR count). The number of thioether (sulfide) groups is 1. The van der Waals surface area contributed by atoms with Crippen molar-refractivity contribution >= 4 is 17.7 Å². The minimum Gasteiger partial charge on any atom is -0.355 e. The Balaban J connectivity index is 3.57. The van der Waals surface area contributed by atoms with Crippen molar-refractivity contribution in [3.8, 4) is 0 Å². The van der Waals surface area contributed by atoms with Crippen LogP contribution in [0.25, 0.3) is 0 Å². The fourth-order valence-electron chi connectivity index (χ4n) is 0.676. The van der Waals surface area contributed by atoms with Gasteiger partial charge in [0.05, 0.1) is 0 Å². The van der Waals surface area contributed by atoms with Crippen LogP contribution in [-0.2, 0) is 4.79 Å². The van der Waals surface area contributed by atoms with Crippen LogP contribution in [0.3, 0.4) is 0 Å². The van der Waals surface area contributed by atoms with E-state index in [9.17, 15) is 4.79 Å². The summed E-state index contributed by atoms with van der Waals surface area (Å²) in [6.45, 7) is 4.43. The third kappa shape index (κ3) is 4.62. The van der Waals surface area contributed by atoms with Crippen molar-refractivity contribution in [1.82, 2.24) is 5.32 Å². The van der Waals surface area contributed by atoms with Crippen molar-refractivity contribution in [2.45, 2.75) is 19.9 Å². The van der Waals surface area contributed by atoms with Crippen molar-refractivity contribution in [3.05, 3.63) is 0 Å². The summed E-state index contributed by atoms with van der Waals surface area (Å²) in [6, 6.07) is -0.0701. The third-order valence-electron chi connectivity index (χ3n) is 1.81. The Kier molecular flexibility index (Phi) is 6.20. The van der Waals surface area contributed by atoms with Crippen LogP contribution in [0.2, 0.25) is 0 Å². The normalized spacial score (nSPS) is 15.3. The molecule has 0 spiro atoms. The van der Waals surface area contributed by atoms with Gasteiger partial charge in [-0.05, 0) is 13.2 Å². The molecule has 0 aliphatic heterocycles. The van der Waals surface area contributed by atoms with Crippen molar-refractivity contribution in [2.24, 2.45) is 11.7 Å². The highest BCUT2D eigenvalue weighted by atomic mass is 32.2. The van der Waals surface area contributed by atoms with Gasteiger partial charge in [0.1, 0.15) is 0 Å². The predicted octanol–water partition coefficient (Wildman–Crippen LogP) is 0.449. The van der Waals surface area contributed by atoms with Crippen LogP contribution < -0.4 is 11.1 Å². The molecule has 0 heterocycles. The molecule has 0 saturated heterocycles. The summed E-state index contributed by atoms with van der Waals surface area (Å²) < 4.78 is 0. The number of amides is 1. The standard InChI is InChI=1S/C8H18N2OS/c1-6(7(2)9)8(11)10-4-5-12-3/h6-7H,4-5,9H2,1-3H3,(H,10,11). The SMILES string of the molecule is CSCCNC(=O)C(C)C(C)N. The summed E-state index contributed by atoms with van der Waals surface area (Å²) in [5, 5.41) is 2.82. The van der Waals surface area contributed by atoms with Crippen LogP contribution in [0.4, 0.5) is 0 Å². The first kappa shape index (κ1) is 11.8. The second-order valence-electron chi connectivity index (χ2n) is 2.93. The quantitative estimate of drug-likeness (QED) is 0.619. The van der Waals surface area contributed by atoms with E-state index >= 15 is 0 Å². The molecule has 1 amide bonds. The van der Waals surface area contributed by atoms with E-state index in [-0.39, 0.29) is 17.9 Å². The monoisotopic (exact) mass is 190 g/mol. The van der Waals surface area contributed by atoms with Crippen LogP contribution in [0.1, 0.15) is 13.8 Å². The molecule has 3 nitrogen and oxygen atoms in total. The molecule has 3 N–H and O–H groups in total. The maximum absolute atomic E-state index is 11.3. The summed E-state index contributed by atoms with van der Waals surface area (Å²) in [6.07, 6.45) is 2.02. The number of hydrogen-bond donors (Lipinski definition) is 2. The van der Waals surface area contributed by atoms with E-state index in [0.717, 1.165) is 12.3 Å². The molecular formula is C8H18N2OS. The lowest BCUT2D eigenvalue weighted by Crippen LogP contribution is -2.39. The highest BCUT2D eigenvalue weighted by Crippen LogP contribution is 1.99. The maximum Gasteiger partial charge on any atom is 0.224 e. The Hall–Kier alpha value is -0.220. The van der Waals surface area contributed by atoms with Crippen LogP contribution in [-0.4, -0.2) is 30.5 Å². The molecule has 72 valence electrons. The Morgan fingerprint density at radius 3 is 2.58 bits per heavy atom. The van der Waals surface area contributed by atoms with E-state index in [1.807, 2.05) is 20.1 Å². The zero-order valence-corrected chi connectivity index (χ0v) is 8.78. The lowest BCUT2D eigenvalue weighted by atomic mass is 10.0. The van der Waals surface area contributed by atoms with Crippen molar-refractivity contribution in [2.75, 3.05) is 18.6 Å². The molecule has 12 heavy (non-hydrogen) atoms. The molecule has 2 atom stereocenters. The first-order valence-corrected chi connectivity index (χ1v) is 5.51. The summed E-state index contributed by atoms with van der Waals surface area (Å²) in [5.41, 5.74) is 5.58. The highest BCUT2D eigenvalue weighted by Gasteiger charge is 2.15. The Morgan fingerprint density at radius 1 is 1.58 bits per heavy atom. The van der Waals surface area contributed by atoms with Gasteiger partial charge < -0.3 is 11.1 Å². The van der Waals surface area contributed by atoms with Crippen molar-refractivity contribution in [3.63, 3.8) is 0 Å². The zero-order chi connectivity index (χ0) is 9.56. The summed E-state index contributed by atoms with van der Waals surface area (Å²) in [5.74, 6) is 0.920. The van der Waals surface area contributed by atoms with Gasteiger partial charge in [-0.3, -0.25) is 4.79 Å². The van der Waals surface area contributed by atoms with E-state index in [1.165, 1.54) is 0 Å². The molecule has 0 aliphatic carbocycles. The van der Waals surface area contributed by atoms with Gasteiger partial charge in [-0.15, -0.1) is 0 Å². The van der Waals surface area contributed by atoms with E-state index in [1.54, 1.807) is 11.8 Å². The first-order valence-electron chi connectivity index (χ1n) is 4.11. The first-order chi connectivity index (χ1) is 5.59. The number of rotatable bonds is 5. The lowest BCUT2D eigenvalue weighted by molar-refractivity contribution is -0.124. The van der Waals surface area contributed by atoms with Gasteiger partial charge in [0.15, 0.2) is 0 Å². The maximum atomic E-state index is 11.3. The zero-order valence-electron chi connectivity index (χ0n) is 7.96. The minimum absolute atomic E-state index is 0.0547. The van der Waals surface area contributed by atoms with Gasteiger partial charge in [0, 0.05) is 24.3 Å². The molecule has 0 bridgehead atoms. The molecule has 0 aromatic rings. The fraction of sp³-hybridized carbons (Fsp3) is 0.875. The Bertz CT molecular complexity index is 139. The van der Waals surface area contributed by atoms with Gasteiger partial charge >= 0.3 is 0 Å². The van der Waals surface area contributed by atoms with Gasteiger partial charge in [0.25, 0.3) is 0 Å². The second-order valence-corrected chi connectivity index (χ2v) is 3.92. The van der Waals surface area contributed by atoms with Gasteiger partial charge in [-0.25, -0.2) is 0 Å². The van der Waals surface area contributed by atoms with E-state index < -0.39 is 0 Å². The molecule has 0 radical (unpaired) electrons. The number of hydrogen-bond acceptors (Lipinski definition) is 3. The topological polar surface area (TPSA) is 55.1 Å². The predicted molar refractivity (Wildman–Crippen MR) is 54.2 cm³/mol. The molecule has 0 aromatic carbocycles. The van der Waals surface area contributed by atoms with Gasteiger partial charge in [-0.1, -0.05) is 6.92 Å². The number of carbonyl (C=O) groups excluding carboxylic acids is 1. The summed E-state index contributed by atoms with van der Waals surface area (Å²) in [4.78, 5) is 11.3. The summed E-state index contributed by atoms with van der Waals surface area (Å²) in [7, 11) is 0. The largest absolute Gasteiger partial charge is 0.355 e. The average molecular weight is 190 g/mol. The highest BCUT2D eigenvalue weighted by molar-refractivity contribution is 7.98. The number of carbonyl (C=O) groups is 1. The fourth-order valence-corrected chi connectivity index (χ4v) is 0.982. The van der Waals surface area contributed by atoms with Crippen LogP contribution in [0.5, 0.6) is 0 Å². The molecule has 4 heteroatoms. The molecular weight excluding hydrogens is 172 g/mol. The van der Waals surface area contributed by atoms with Gasteiger partial charge in [-0.2, -0.15) is 11.8 Å². The minimum atomic E-state index is -0.0909. The van der Waals surface area contributed by atoms with Crippen molar-refractivity contribution < 1.29 is 4.79 Å². The smallest absolute Gasteiger partial charge is 0.224 e. The number of nitrogens with two attached hydrogens (primary N) is 1. The van der Waals surface area contributed by atoms with Crippen molar-refractivity contribution in [1.29, 1.82) is 0 Å². The number of nitrogens with one attached hydrogen (secondary N) is 1. The van der Waals surface area contributed by atoms with Crippen LogP contribution in [0, 0.1) is 5.92 Å². The Morgan fingerprint density at radius 2 is 2.17 bits per heavy atom. The van der Waals surface area contributed by atoms with Crippen LogP contribution >= 0.6 is 11.8 Å². The van der Waals surface area contributed by atoms with E-state index in [0.29, 0.717) is 0 Å². The summed E-state index contributed by atoms with van der Waals surface area (Å²) >= 11 is 1.72. The Labute approximate surface area is 78.5 Å². The molecule has 0 fully saturated rings. The van der Waals surface area contributed by atoms with Crippen LogP contribution in [0.15, 0.2) is 0 Å². The lowest BCUT2D eigenvalue weighted by Gasteiger charge is -2.14. The molecule has 0 aliphatic rings.